The molecule has 3 aromatic carbocycles. The molecule has 1 heterocycles. The molecule has 1 fully saturated rings. The summed E-state index contributed by atoms with van der Waals surface area (Å²) in [6, 6.07) is 17.6. The highest BCUT2D eigenvalue weighted by Gasteiger charge is 2.31. The Labute approximate surface area is 209 Å². The molecule has 0 radical (unpaired) electrons. The predicted octanol–water partition coefficient (Wildman–Crippen LogP) is 4.97. The van der Waals surface area contributed by atoms with Crippen LogP contribution in [0.2, 0.25) is 5.02 Å². The maximum absolute atomic E-state index is 13.6. The van der Waals surface area contributed by atoms with E-state index in [1.807, 2.05) is 12.1 Å². The van der Waals surface area contributed by atoms with Gasteiger partial charge in [-0.3, -0.25) is 4.90 Å². The Bertz CT molecular complexity index is 1110. The van der Waals surface area contributed by atoms with Crippen LogP contribution >= 0.6 is 11.6 Å². The highest BCUT2D eigenvalue weighted by molar-refractivity contribution is 6.33. The van der Waals surface area contributed by atoms with Gasteiger partial charge in [-0.05, 0) is 54.4 Å². The SMILES string of the molecule is CC(O)COc1ccc(N2CCN(CC(O)c3ccc(F)cc3)C[C@H]2c2ccc(F)cc2)c(Cl)c1. The number of halogens is 3. The van der Waals surface area contributed by atoms with Crippen LogP contribution in [0.5, 0.6) is 5.75 Å². The maximum Gasteiger partial charge on any atom is 0.123 e. The van der Waals surface area contributed by atoms with E-state index in [2.05, 4.69) is 9.80 Å². The van der Waals surface area contributed by atoms with Crippen molar-refractivity contribution < 1.29 is 23.7 Å². The van der Waals surface area contributed by atoms with Gasteiger partial charge in [0.25, 0.3) is 0 Å². The monoisotopic (exact) mass is 502 g/mol. The van der Waals surface area contributed by atoms with Gasteiger partial charge in [-0.2, -0.15) is 0 Å². The van der Waals surface area contributed by atoms with E-state index >= 15 is 0 Å². The van der Waals surface area contributed by atoms with E-state index < -0.39 is 12.2 Å². The fourth-order valence-electron chi connectivity index (χ4n) is 4.33. The van der Waals surface area contributed by atoms with Crippen LogP contribution in [0.4, 0.5) is 14.5 Å². The van der Waals surface area contributed by atoms with Crippen molar-refractivity contribution in [3.8, 4) is 5.75 Å². The minimum absolute atomic E-state index is 0.133. The Morgan fingerprint density at radius 1 is 0.971 bits per heavy atom. The minimum Gasteiger partial charge on any atom is -0.491 e. The third-order valence-corrected chi connectivity index (χ3v) is 6.43. The van der Waals surface area contributed by atoms with Crippen LogP contribution < -0.4 is 9.64 Å². The standard InChI is InChI=1S/C27H29ClF2N2O3/c1-18(33)17-35-23-10-11-25(24(28)14-23)32-13-12-31(15-26(32)19-2-6-21(29)7-3-19)16-27(34)20-4-8-22(30)9-5-20/h2-11,14,18,26-27,33-34H,12-13,15-17H2,1H3/t18?,26-,27?/m0/s1. The van der Waals surface area contributed by atoms with Gasteiger partial charge in [-0.25, -0.2) is 8.78 Å². The number of aliphatic hydroxyl groups excluding tert-OH is 2. The average molecular weight is 503 g/mol. The molecule has 3 aromatic rings. The fourth-order valence-corrected chi connectivity index (χ4v) is 4.61. The van der Waals surface area contributed by atoms with Crippen molar-refractivity contribution in [1.82, 2.24) is 4.90 Å². The molecule has 0 aromatic heterocycles. The number of β-amino-alcohol motifs (C(OH)–C–C–N with tert-alkyl or cyclic N) is 1. The normalized spacial score (nSPS) is 18.3. The summed E-state index contributed by atoms with van der Waals surface area (Å²) < 4.78 is 32.5. The third kappa shape index (κ3) is 6.49. The molecule has 186 valence electrons. The third-order valence-electron chi connectivity index (χ3n) is 6.12. The molecular weight excluding hydrogens is 474 g/mol. The number of aliphatic hydroxyl groups is 2. The van der Waals surface area contributed by atoms with E-state index in [0.717, 1.165) is 11.3 Å². The van der Waals surface area contributed by atoms with E-state index in [4.69, 9.17) is 16.3 Å². The molecule has 0 amide bonds. The van der Waals surface area contributed by atoms with Gasteiger partial charge in [0.1, 0.15) is 24.0 Å². The summed E-state index contributed by atoms with van der Waals surface area (Å²) in [5.41, 5.74) is 2.41. The molecule has 4 rings (SSSR count). The molecule has 1 aliphatic heterocycles. The molecule has 0 saturated carbocycles. The van der Waals surface area contributed by atoms with Gasteiger partial charge in [0.15, 0.2) is 0 Å². The van der Waals surface area contributed by atoms with Crippen LogP contribution in [0.25, 0.3) is 0 Å². The van der Waals surface area contributed by atoms with Gasteiger partial charge in [0.05, 0.1) is 29.0 Å². The first-order valence-electron chi connectivity index (χ1n) is 11.6. The second kappa shape index (κ2) is 11.4. The fraction of sp³-hybridized carbons (Fsp3) is 0.333. The van der Waals surface area contributed by atoms with Crippen LogP contribution in [-0.4, -0.2) is 54.0 Å². The summed E-state index contributed by atoms with van der Waals surface area (Å²) in [5.74, 6) is -0.0820. The van der Waals surface area contributed by atoms with Gasteiger partial charge in [0, 0.05) is 32.2 Å². The highest BCUT2D eigenvalue weighted by atomic mass is 35.5. The number of nitrogens with zero attached hydrogens (tertiary/aromatic N) is 2. The molecule has 1 aliphatic rings. The number of hydrogen-bond donors (Lipinski definition) is 2. The molecule has 0 aliphatic carbocycles. The zero-order valence-corrected chi connectivity index (χ0v) is 20.2. The van der Waals surface area contributed by atoms with Crippen LogP contribution in [0.15, 0.2) is 66.7 Å². The van der Waals surface area contributed by atoms with Crippen molar-refractivity contribution in [2.75, 3.05) is 37.7 Å². The van der Waals surface area contributed by atoms with Crippen molar-refractivity contribution >= 4 is 17.3 Å². The lowest BCUT2D eigenvalue weighted by Gasteiger charge is -2.44. The van der Waals surface area contributed by atoms with Gasteiger partial charge in [-0.15, -0.1) is 0 Å². The Morgan fingerprint density at radius 2 is 1.63 bits per heavy atom. The first-order chi connectivity index (χ1) is 16.8. The number of ether oxygens (including phenoxy) is 1. The molecule has 2 unspecified atom stereocenters. The van der Waals surface area contributed by atoms with Gasteiger partial charge in [-0.1, -0.05) is 35.9 Å². The molecule has 2 N–H and O–H groups in total. The second-order valence-electron chi connectivity index (χ2n) is 8.86. The van der Waals surface area contributed by atoms with E-state index in [0.29, 0.717) is 42.5 Å². The Hall–Kier alpha value is -2.71. The molecule has 8 heteroatoms. The van der Waals surface area contributed by atoms with Crippen molar-refractivity contribution in [2.45, 2.75) is 25.2 Å². The summed E-state index contributed by atoms with van der Waals surface area (Å²) in [4.78, 5) is 4.32. The largest absolute Gasteiger partial charge is 0.491 e. The summed E-state index contributed by atoms with van der Waals surface area (Å²) in [6.45, 7) is 4.09. The molecule has 35 heavy (non-hydrogen) atoms. The summed E-state index contributed by atoms with van der Waals surface area (Å²) in [6.07, 6.45) is -1.35. The van der Waals surface area contributed by atoms with E-state index in [-0.39, 0.29) is 24.3 Å². The van der Waals surface area contributed by atoms with Crippen molar-refractivity contribution in [3.05, 3.63) is 94.5 Å². The Morgan fingerprint density at radius 3 is 2.26 bits per heavy atom. The topological polar surface area (TPSA) is 56.2 Å². The van der Waals surface area contributed by atoms with E-state index in [9.17, 15) is 19.0 Å². The summed E-state index contributed by atoms with van der Waals surface area (Å²) in [7, 11) is 0. The van der Waals surface area contributed by atoms with Gasteiger partial charge in [0.2, 0.25) is 0 Å². The van der Waals surface area contributed by atoms with Crippen LogP contribution in [0.1, 0.15) is 30.2 Å². The second-order valence-corrected chi connectivity index (χ2v) is 9.27. The smallest absolute Gasteiger partial charge is 0.123 e. The molecule has 1 saturated heterocycles. The molecular formula is C27H29ClF2N2O3. The Kier molecular flexibility index (Phi) is 8.23. The maximum atomic E-state index is 13.6. The predicted molar refractivity (Wildman–Crippen MR) is 133 cm³/mol. The van der Waals surface area contributed by atoms with E-state index in [1.54, 1.807) is 37.3 Å². The number of anilines is 1. The van der Waals surface area contributed by atoms with Crippen molar-refractivity contribution in [1.29, 1.82) is 0 Å². The summed E-state index contributed by atoms with van der Waals surface area (Å²) >= 11 is 6.64. The number of hydrogen-bond acceptors (Lipinski definition) is 5. The van der Waals surface area contributed by atoms with Crippen LogP contribution in [0, 0.1) is 11.6 Å². The number of benzene rings is 3. The zero-order chi connectivity index (χ0) is 24.9. The van der Waals surface area contributed by atoms with E-state index in [1.165, 1.54) is 24.3 Å². The molecule has 0 spiro atoms. The molecule has 0 bridgehead atoms. The minimum atomic E-state index is -0.759. The first kappa shape index (κ1) is 25.4. The van der Waals surface area contributed by atoms with Crippen LogP contribution in [-0.2, 0) is 0 Å². The zero-order valence-electron chi connectivity index (χ0n) is 19.4. The Balaban J connectivity index is 1.55. The van der Waals surface area contributed by atoms with Crippen molar-refractivity contribution in [3.63, 3.8) is 0 Å². The summed E-state index contributed by atoms with van der Waals surface area (Å²) in [5, 5.41) is 20.7. The lowest BCUT2D eigenvalue weighted by atomic mass is 10.00. The first-order valence-corrected chi connectivity index (χ1v) is 12.0. The lowest BCUT2D eigenvalue weighted by Crippen LogP contribution is -2.49. The van der Waals surface area contributed by atoms with Crippen molar-refractivity contribution in [2.24, 2.45) is 0 Å². The lowest BCUT2D eigenvalue weighted by molar-refractivity contribution is 0.100. The van der Waals surface area contributed by atoms with Gasteiger partial charge < -0.3 is 19.8 Å². The highest BCUT2D eigenvalue weighted by Crippen LogP contribution is 2.37. The molecule has 5 nitrogen and oxygen atoms in total. The number of piperazine rings is 1. The average Bonchev–Trinajstić information content (AvgIpc) is 2.84. The molecule has 3 atom stereocenters. The van der Waals surface area contributed by atoms with Crippen LogP contribution in [0.3, 0.4) is 0 Å². The quantitative estimate of drug-likeness (QED) is 0.455. The number of rotatable bonds is 8. The van der Waals surface area contributed by atoms with Gasteiger partial charge >= 0.3 is 0 Å².